The number of carbonyl (C=O) groups excluding carboxylic acids is 1. The molecule has 0 bridgehead atoms. The Balaban J connectivity index is 1.78. The smallest absolute Gasteiger partial charge is 0.272 e. The van der Waals surface area contributed by atoms with Gasteiger partial charge in [-0.15, -0.1) is 0 Å². The molecule has 1 atom stereocenters. The van der Waals surface area contributed by atoms with E-state index < -0.39 is 0 Å². The number of hydrogen-bond acceptors (Lipinski definition) is 4. The molecule has 0 spiro atoms. The number of rotatable bonds is 3. The molecule has 1 unspecified atom stereocenters. The van der Waals surface area contributed by atoms with Crippen molar-refractivity contribution in [1.82, 2.24) is 14.9 Å². The predicted octanol–water partition coefficient (Wildman–Crippen LogP) is 4.40. The zero-order valence-corrected chi connectivity index (χ0v) is 14.8. The lowest BCUT2D eigenvalue weighted by Crippen LogP contribution is -2.39. The summed E-state index contributed by atoms with van der Waals surface area (Å²) in [7, 11) is 0. The molecule has 0 aliphatic carbocycles. The van der Waals surface area contributed by atoms with Crippen molar-refractivity contribution in [3.8, 4) is 0 Å². The van der Waals surface area contributed by atoms with Gasteiger partial charge in [-0.3, -0.25) is 4.79 Å². The molecule has 2 aromatic rings. The Morgan fingerprint density at radius 2 is 2.17 bits per heavy atom. The summed E-state index contributed by atoms with van der Waals surface area (Å²) in [5.41, 5.74) is 0.972. The highest BCUT2D eigenvalue weighted by molar-refractivity contribution is 6.35. The van der Waals surface area contributed by atoms with Gasteiger partial charge in [0.2, 0.25) is 5.95 Å². The van der Waals surface area contributed by atoms with Crippen LogP contribution in [0.1, 0.15) is 30.3 Å². The maximum absolute atomic E-state index is 12.6. The molecule has 1 aromatic carbocycles. The fraction of sp³-hybridized carbons (Fsp3) is 0.353. The molecule has 0 radical (unpaired) electrons. The largest absolute Gasteiger partial charge is 0.337 e. The van der Waals surface area contributed by atoms with Gasteiger partial charge in [-0.2, -0.15) is 0 Å². The van der Waals surface area contributed by atoms with Crippen LogP contribution in [0.5, 0.6) is 0 Å². The van der Waals surface area contributed by atoms with E-state index >= 15 is 0 Å². The van der Waals surface area contributed by atoms with Crippen molar-refractivity contribution in [2.45, 2.75) is 19.8 Å². The fourth-order valence-corrected chi connectivity index (χ4v) is 3.12. The van der Waals surface area contributed by atoms with E-state index in [1.807, 2.05) is 4.90 Å². The minimum Gasteiger partial charge on any atom is -0.337 e. The van der Waals surface area contributed by atoms with Crippen LogP contribution >= 0.6 is 23.2 Å². The van der Waals surface area contributed by atoms with Crippen molar-refractivity contribution in [2.24, 2.45) is 5.92 Å². The lowest BCUT2D eigenvalue weighted by Gasteiger charge is -2.30. The second kappa shape index (κ2) is 7.36. The van der Waals surface area contributed by atoms with Gasteiger partial charge in [0.25, 0.3) is 5.91 Å². The molecule has 1 aliphatic heterocycles. The van der Waals surface area contributed by atoms with Crippen LogP contribution in [0.2, 0.25) is 10.0 Å². The van der Waals surface area contributed by atoms with Crippen LogP contribution in [-0.4, -0.2) is 33.9 Å². The van der Waals surface area contributed by atoms with E-state index in [-0.39, 0.29) is 5.91 Å². The molecule has 0 saturated carbocycles. The first-order valence-corrected chi connectivity index (χ1v) is 8.63. The number of piperidine rings is 1. The number of nitrogens with zero attached hydrogens (tertiary/aromatic N) is 3. The fourth-order valence-electron chi connectivity index (χ4n) is 2.79. The molecule has 1 fully saturated rings. The average molecular weight is 365 g/mol. The Hall–Kier alpha value is -1.85. The Bertz CT molecular complexity index is 753. The molecular weight excluding hydrogens is 347 g/mol. The van der Waals surface area contributed by atoms with Gasteiger partial charge in [-0.25, -0.2) is 9.97 Å². The van der Waals surface area contributed by atoms with Crippen molar-refractivity contribution in [2.75, 3.05) is 18.4 Å². The van der Waals surface area contributed by atoms with Crippen molar-refractivity contribution >= 4 is 40.7 Å². The first kappa shape index (κ1) is 17.0. The molecule has 3 rings (SSSR count). The molecular formula is C17H18Cl2N4O. The number of aromatic nitrogens is 2. The Kier molecular flexibility index (Phi) is 5.21. The Morgan fingerprint density at radius 1 is 1.33 bits per heavy atom. The summed E-state index contributed by atoms with van der Waals surface area (Å²) in [4.78, 5) is 23.0. The van der Waals surface area contributed by atoms with E-state index in [4.69, 9.17) is 23.2 Å². The van der Waals surface area contributed by atoms with Gasteiger partial charge in [0.05, 0.1) is 10.7 Å². The van der Waals surface area contributed by atoms with Crippen LogP contribution in [0.25, 0.3) is 0 Å². The molecule has 126 valence electrons. The summed E-state index contributed by atoms with van der Waals surface area (Å²) in [5, 5.41) is 4.07. The monoisotopic (exact) mass is 364 g/mol. The van der Waals surface area contributed by atoms with Gasteiger partial charge in [0, 0.05) is 24.3 Å². The van der Waals surface area contributed by atoms with E-state index in [0.717, 1.165) is 25.9 Å². The van der Waals surface area contributed by atoms with Gasteiger partial charge in [-0.05, 0) is 43.0 Å². The summed E-state index contributed by atoms with van der Waals surface area (Å²) >= 11 is 12.1. The second-order valence-electron chi connectivity index (χ2n) is 6.01. The molecule has 2 heterocycles. The number of nitrogens with one attached hydrogen (secondary N) is 1. The van der Waals surface area contributed by atoms with E-state index in [1.54, 1.807) is 30.5 Å². The molecule has 5 nitrogen and oxygen atoms in total. The van der Waals surface area contributed by atoms with Gasteiger partial charge < -0.3 is 10.2 Å². The zero-order valence-electron chi connectivity index (χ0n) is 13.3. The molecule has 7 heteroatoms. The molecule has 1 N–H and O–H groups in total. The minimum absolute atomic E-state index is 0.0656. The van der Waals surface area contributed by atoms with Crippen LogP contribution in [0.3, 0.4) is 0 Å². The maximum Gasteiger partial charge on any atom is 0.272 e. The average Bonchev–Trinajstić information content (AvgIpc) is 2.58. The number of hydrogen-bond donors (Lipinski definition) is 1. The predicted molar refractivity (Wildman–Crippen MR) is 96.1 cm³/mol. The standard InChI is InChI=1S/C17H18Cl2N4O/c1-11-3-2-8-23(10-11)16(24)14-6-7-20-17(21-14)22-15-9-12(18)4-5-13(15)19/h4-7,9,11H,2-3,8,10H2,1H3,(H,20,21,22). The number of amides is 1. The van der Waals surface area contributed by atoms with Crippen molar-refractivity contribution in [3.05, 3.63) is 46.2 Å². The first-order valence-electron chi connectivity index (χ1n) is 7.87. The summed E-state index contributed by atoms with van der Waals surface area (Å²) in [6.45, 7) is 3.70. The molecule has 1 saturated heterocycles. The normalized spacial score (nSPS) is 17.6. The maximum atomic E-state index is 12.6. The summed E-state index contributed by atoms with van der Waals surface area (Å²) < 4.78 is 0. The second-order valence-corrected chi connectivity index (χ2v) is 6.86. The van der Waals surface area contributed by atoms with Gasteiger partial charge in [-0.1, -0.05) is 30.1 Å². The van der Waals surface area contributed by atoms with Crippen LogP contribution in [0.15, 0.2) is 30.5 Å². The van der Waals surface area contributed by atoms with Crippen LogP contribution < -0.4 is 5.32 Å². The molecule has 1 aliphatic rings. The van der Waals surface area contributed by atoms with E-state index in [0.29, 0.717) is 33.3 Å². The third-order valence-corrected chi connectivity index (χ3v) is 4.56. The number of carbonyl (C=O) groups is 1. The van der Waals surface area contributed by atoms with Gasteiger partial charge in [0.1, 0.15) is 5.69 Å². The van der Waals surface area contributed by atoms with Crippen molar-refractivity contribution in [3.63, 3.8) is 0 Å². The molecule has 1 aromatic heterocycles. The quantitative estimate of drug-likeness (QED) is 0.876. The Labute approximate surface area is 151 Å². The Morgan fingerprint density at radius 3 is 2.96 bits per heavy atom. The van der Waals surface area contributed by atoms with Crippen molar-refractivity contribution in [1.29, 1.82) is 0 Å². The summed E-state index contributed by atoms with van der Waals surface area (Å²) in [6, 6.07) is 6.71. The summed E-state index contributed by atoms with van der Waals surface area (Å²) in [5.74, 6) is 0.770. The van der Waals surface area contributed by atoms with E-state index in [1.165, 1.54) is 0 Å². The number of benzene rings is 1. The SMILES string of the molecule is CC1CCCN(C(=O)c2ccnc(Nc3cc(Cl)ccc3Cl)n2)C1. The highest BCUT2D eigenvalue weighted by atomic mass is 35.5. The number of anilines is 2. The zero-order chi connectivity index (χ0) is 17.1. The van der Waals surface area contributed by atoms with E-state index in [2.05, 4.69) is 22.2 Å². The highest BCUT2D eigenvalue weighted by Crippen LogP contribution is 2.27. The van der Waals surface area contributed by atoms with Crippen molar-refractivity contribution < 1.29 is 4.79 Å². The third-order valence-electron chi connectivity index (χ3n) is 3.99. The topological polar surface area (TPSA) is 58.1 Å². The highest BCUT2D eigenvalue weighted by Gasteiger charge is 2.23. The lowest BCUT2D eigenvalue weighted by molar-refractivity contribution is 0.0677. The minimum atomic E-state index is -0.0656. The molecule has 24 heavy (non-hydrogen) atoms. The number of halogens is 2. The third kappa shape index (κ3) is 3.97. The first-order chi connectivity index (χ1) is 11.5. The van der Waals surface area contributed by atoms with Gasteiger partial charge >= 0.3 is 0 Å². The van der Waals surface area contributed by atoms with Gasteiger partial charge in [0.15, 0.2) is 0 Å². The van der Waals surface area contributed by atoms with Crippen LogP contribution in [-0.2, 0) is 0 Å². The lowest BCUT2D eigenvalue weighted by atomic mass is 10.00. The molecule has 1 amide bonds. The summed E-state index contributed by atoms with van der Waals surface area (Å²) in [6.07, 6.45) is 3.75. The van der Waals surface area contributed by atoms with Crippen LogP contribution in [0, 0.1) is 5.92 Å². The van der Waals surface area contributed by atoms with Crippen LogP contribution in [0.4, 0.5) is 11.6 Å². The van der Waals surface area contributed by atoms with E-state index in [9.17, 15) is 4.79 Å². The number of likely N-dealkylation sites (tertiary alicyclic amines) is 1.